The third-order valence-corrected chi connectivity index (χ3v) is 3.39. The van der Waals surface area contributed by atoms with Gasteiger partial charge in [0.2, 0.25) is 0 Å². The van der Waals surface area contributed by atoms with Crippen LogP contribution in [0.2, 0.25) is 0 Å². The lowest BCUT2D eigenvalue weighted by molar-refractivity contribution is 0.272. The van der Waals surface area contributed by atoms with Gasteiger partial charge < -0.3 is 4.90 Å². The van der Waals surface area contributed by atoms with Crippen LogP contribution in [-0.4, -0.2) is 35.4 Å². The maximum atomic E-state index is 4.62. The van der Waals surface area contributed by atoms with E-state index in [4.69, 9.17) is 0 Å². The smallest absolute Gasteiger partial charge is 0.149 e. The minimum atomic E-state index is 0.863. The minimum Gasteiger partial charge on any atom is -0.355 e. The van der Waals surface area contributed by atoms with Crippen LogP contribution in [-0.2, 0) is 0 Å². The Morgan fingerprint density at radius 3 is 2.69 bits per heavy atom. The molecule has 2 rings (SSSR count). The van der Waals surface area contributed by atoms with E-state index in [0.29, 0.717) is 0 Å². The molecular formula is C13H21N3. The second-order valence-electron chi connectivity index (χ2n) is 4.67. The van der Waals surface area contributed by atoms with Crippen LogP contribution in [0.5, 0.6) is 0 Å². The predicted octanol–water partition coefficient (Wildman–Crippen LogP) is 2.44. The van der Waals surface area contributed by atoms with Gasteiger partial charge in [0.15, 0.2) is 0 Å². The second kappa shape index (κ2) is 4.73. The molecule has 0 aromatic carbocycles. The molecule has 0 saturated carbocycles. The zero-order valence-corrected chi connectivity index (χ0v) is 10.3. The molecular weight excluding hydrogens is 198 g/mol. The van der Waals surface area contributed by atoms with Crippen molar-refractivity contribution in [1.82, 2.24) is 9.91 Å². The number of nitrogens with zero attached hydrogens (tertiary/aromatic N) is 3. The molecule has 16 heavy (non-hydrogen) atoms. The second-order valence-corrected chi connectivity index (χ2v) is 4.67. The Morgan fingerprint density at radius 1 is 1.38 bits per heavy atom. The summed E-state index contributed by atoms with van der Waals surface area (Å²) in [7, 11) is 0. The lowest BCUT2D eigenvalue weighted by atomic mass is 9.99. The number of piperidine rings is 1. The largest absolute Gasteiger partial charge is 0.355 e. The molecule has 0 bridgehead atoms. The first-order valence-corrected chi connectivity index (χ1v) is 6.18. The van der Waals surface area contributed by atoms with Gasteiger partial charge in [-0.2, -0.15) is 5.10 Å². The van der Waals surface area contributed by atoms with E-state index in [2.05, 4.69) is 42.6 Å². The van der Waals surface area contributed by atoms with Crippen molar-refractivity contribution in [3.05, 3.63) is 24.4 Å². The number of hydrazone groups is 1. The fourth-order valence-corrected chi connectivity index (χ4v) is 2.16. The molecule has 0 atom stereocenters. The number of allylic oxidation sites excluding steroid dienone is 1. The van der Waals surface area contributed by atoms with E-state index in [-0.39, 0.29) is 0 Å². The Kier molecular flexibility index (Phi) is 3.32. The summed E-state index contributed by atoms with van der Waals surface area (Å²) in [5.74, 6) is 1.96. The normalized spacial score (nSPS) is 22.6. The molecule has 88 valence electrons. The fourth-order valence-electron chi connectivity index (χ4n) is 2.16. The van der Waals surface area contributed by atoms with Crippen LogP contribution < -0.4 is 0 Å². The lowest BCUT2D eigenvalue weighted by Crippen LogP contribution is -2.39. The number of hydrogen-bond acceptors (Lipinski definition) is 3. The summed E-state index contributed by atoms with van der Waals surface area (Å²) in [6.07, 6.45) is 6.70. The summed E-state index contributed by atoms with van der Waals surface area (Å²) in [6.45, 7) is 11.6. The third-order valence-electron chi connectivity index (χ3n) is 3.39. The number of rotatable bonds is 1. The van der Waals surface area contributed by atoms with Gasteiger partial charge in [-0.1, -0.05) is 13.5 Å². The van der Waals surface area contributed by atoms with E-state index < -0.39 is 0 Å². The molecule has 0 aliphatic carbocycles. The molecule has 1 fully saturated rings. The maximum Gasteiger partial charge on any atom is 0.149 e. The topological polar surface area (TPSA) is 18.8 Å². The van der Waals surface area contributed by atoms with Gasteiger partial charge >= 0.3 is 0 Å². The van der Waals surface area contributed by atoms with Gasteiger partial charge in [-0.05, 0) is 37.8 Å². The highest BCUT2D eigenvalue weighted by Gasteiger charge is 2.20. The van der Waals surface area contributed by atoms with E-state index in [1.165, 1.54) is 12.8 Å². The van der Waals surface area contributed by atoms with Gasteiger partial charge in [0.05, 0.1) is 5.70 Å². The van der Waals surface area contributed by atoms with Crippen molar-refractivity contribution in [2.75, 3.05) is 19.6 Å². The summed E-state index contributed by atoms with van der Waals surface area (Å²) < 4.78 is 0. The van der Waals surface area contributed by atoms with Crippen LogP contribution in [0.1, 0.15) is 26.7 Å². The van der Waals surface area contributed by atoms with Crippen LogP contribution in [0.3, 0.4) is 0 Å². The van der Waals surface area contributed by atoms with Crippen molar-refractivity contribution in [3.63, 3.8) is 0 Å². The summed E-state index contributed by atoms with van der Waals surface area (Å²) in [6, 6.07) is 0. The average Bonchev–Trinajstić information content (AvgIpc) is 2.31. The molecule has 3 nitrogen and oxygen atoms in total. The first kappa shape index (κ1) is 11.2. The first-order valence-electron chi connectivity index (χ1n) is 6.18. The standard InChI is InChI=1S/C13H21N3/c1-4-16-12(3)5-6-13(14-16)15-9-7-11(2)8-10-15/h5-6,11H,3-4,7-10H2,1-2H3. The van der Waals surface area contributed by atoms with Crippen LogP contribution in [0.4, 0.5) is 0 Å². The molecule has 0 aromatic rings. The highest BCUT2D eigenvalue weighted by Crippen LogP contribution is 2.19. The van der Waals surface area contributed by atoms with Crippen molar-refractivity contribution in [2.24, 2.45) is 11.0 Å². The van der Waals surface area contributed by atoms with Gasteiger partial charge in [0, 0.05) is 19.6 Å². The van der Waals surface area contributed by atoms with Crippen LogP contribution >= 0.6 is 0 Å². The first-order chi connectivity index (χ1) is 7.70. The van der Waals surface area contributed by atoms with E-state index in [1.807, 2.05) is 5.01 Å². The van der Waals surface area contributed by atoms with Crippen LogP contribution in [0.25, 0.3) is 0 Å². The van der Waals surface area contributed by atoms with Crippen molar-refractivity contribution >= 4 is 5.84 Å². The summed E-state index contributed by atoms with van der Waals surface area (Å²) in [5.41, 5.74) is 0.983. The molecule has 0 N–H and O–H groups in total. The van der Waals surface area contributed by atoms with E-state index in [0.717, 1.165) is 37.1 Å². The molecule has 0 amide bonds. The molecule has 2 aliphatic rings. The zero-order valence-electron chi connectivity index (χ0n) is 10.3. The Morgan fingerprint density at radius 2 is 2.06 bits per heavy atom. The Labute approximate surface area is 98.1 Å². The van der Waals surface area contributed by atoms with Gasteiger partial charge in [0.25, 0.3) is 0 Å². The van der Waals surface area contributed by atoms with Crippen LogP contribution in [0.15, 0.2) is 29.5 Å². The third kappa shape index (κ3) is 2.29. The molecule has 2 aliphatic heterocycles. The quantitative estimate of drug-likeness (QED) is 0.674. The van der Waals surface area contributed by atoms with Crippen LogP contribution in [0, 0.1) is 5.92 Å². The molecule has 0 radical (unpaired) electrons. The number of likely N-dealkylation sites (tertiary alicyclic amines) is 1. The molecule has 0 unspecified atom stereocenters. The fraction of sp³-hybridized carbons (Fsp3) is 0.615. The molecule has 1 saturated heterocycles. The highest BCUT2D eigenvalue weighted by molar-refractivity contribution is 5.94. The van der Waals surface area contributed by atoms with Crippen molar-refractivity contribution in [1.29, 1.82) is 0 Å². The monoisotopic (exact) mass is 219 g/mol. The van der Waals surface area contributed by atoms with E-state index in [9.17, 15) is 0 Å². The summed E-state index contributed by atoms with van der Waals surface area (Å²) >= 11 is 0. The van der Waals surface area contributed by atoms with Crippen molar-refractivity contribution < 1.29 is 0 Å². The number of hydrogen-bond donors (Lipinski definition) is 0. The molecule has 3 heteroatoms. The Bertz CT molecular complexity index is 322. The summed E-state index contributed by atoms with van der Waals surface area (Å²) in [4.78, 5) is 2.38. The Hall–Kier alpha value is -1.25. The highest BCUT2D eigenvalue weighted by atomic mass is 15.5. The molecule has 0 spiro atoms. The summed E-state index contributed by atoms with van der Waals surface area (Å²) in [5, 5.41) is 6.59. The van der Waals surface area contributed by atoms with Gasteiger partial charge in [-0.3, -0.25) is 5.01 Å². The number of amidine groups is 1. The molecule has 2 heterocycles. The average molecular weight is 219 g/mol. The van der Waals surface area contributed by atoms with Gasteiger partial charge in [0.1, 0.15) is 5.84 Å². The maximum absolute atomic E-state index is 4.62. The van der Waals surface area contributed by atoms with Gasteiger partial charge in [-0.15, -0.1) is 0 Å². The molecule has 0 aromatic heterocycles. The predicted molar refractivity (Wildman–Crippen MR) is 68.1 cm³/mol. The zero-order chi connectivity index (χ0) is 11.5. The lowest BCUT2D eigenvalue weighted by Gasteiger charge is -2.34. The minimum absolute atomic E-state index is 0.863. The van der Waals surface area contributed by atoms with Crippen molar-refractivity contribution in [2.45, 2.75) is 26.7 Å². The van der Waals surface area contributed by atoms with E-state index in [1.54, 1.807) is 0 Å². The van der Waals surface area contributed by atoms with Gasteiger partial charge in [-0.25, -0.2) is 0 Å². The SMILES string of the molecule is C=C1C=CC(N2CCC(C)CC2)=NN1CC. The Balaban J connectivity index is 2.04. The number of likely N-dealkylation sites (N-methyl/N-ethyl adjacent to an activating group) is 1. The van der Waals surface area contributed by atoms with Crippen molar-refractivity contribution in [3.8, 4) is 0 Å². The van der Waals surface area contributed by atoms with E-state index >= 15 is 0 Å².